The summed E-state index contributed by atoms with van der Waals surface area (Å²) in [6.07, 6.45) is 1.74. The van der Waals surface area contributed by atoms with Gasteiger partial charge in [-0.1, -0.05) is 18.2 Å². The van der Waals surface area contributed by atoms with E-state index in [1.165, 1.54) is 0 Å². The van der Waals surface area contributed by atoms with Crippen molar-refractivity contribution in [1.29, 1.82) is 0 Å². The van der Waals surface area contributed by atoms with Crippen molar-refractivity contribution in [3.8, 4) is 11.5 Å². The molecule has 0 N–H and O–H groups in total. The van der Waals surface area contributed by atoms with Crippen molar-refractivity contribution in [3.63, 3.8) is 0 Å². The molecule has 3 aromatic rings. The summed E-state index contributed by atoms with van der Waals surface area (Å²) >= 11 is 2.00. The molecule has 0 saturated carbocycles. The molecule has 0 aliphatic carbocycles. The van der Waals surface area contributed by atoms with E-state index in [1.54, 1.807) is 6.20 Å². The Morgan fingerprint density at radius 2 is 1.94 bits per heavy atom. The average molecular weight is 323 g/mol. The van der Waals surface area contributed by atoms with Gasteiger partial charge in [0, 0.05) is 39.7 Å². The number of para-hydroxylation sites is 1. The maximum absolute atomic E-state index is 5.41. The van der Waals surface area contributed by atoms with Gasteiger partial charge in [-0.15, -0.1) is 10.2 Å². The first kappa shape index (κ1) is 9.71. The lowest BCUT2D eigenvalue weighted by molar-refractivity contribution is 0.537. The minimum absolute atomic E-state index is 0.531. The van der Waals surface area contributed by atoms with E-state index in [0.29, 0.717) is 9.79 Å². The molecule has 0 bridgehead atoms. The van der Waals surface area contributed by atoms with Crippen LogP contribution in [-0.4, -0.2) is 15.2 Å². The molecule has 0 atom stereocenters. The molecule has 0 spiro atoms. The molecule has 2 aromatic heterocycles. The van der Waals surface area contributed by atoms with Crippen molar-refractivity contribution in [2.45, 2.75) is 0 Å². The topological polar surface area (TPSA) is 51.8 Å². The van der Waals surface area contributed by atoms with E-state index in [0.717, 1.165) is 16.5 Å². The number of pyridine rings is 1. The predicted molar refractivity (Wildman–Crippen MR) is 67.8 cm³/mol. The predicted octanol–water partition coefficient (Wildman–Crippen LogP) is 2.89. The zero-order valence-corrected chi connectivity index (χ0v) is 10.2. The Morgan fingerprint density at radius 3 is 2.75 bits per heavy atom. The Hall–Kier alpha value is -1.50. The molecule has 78 valence electrons. The lowest BCUT2D eigenvalue weighted by atomic mass is 10.1. The van der Waals surface area contributed by atoms with Gasteiger partial charge < -0.3 is 4.42 Å². The average Bonchev–Trinajstić information content (AvgIpc) is 2.75. The third-order valence-electron chi connectivity index (χ3n) is 2.28. The molecule has 16 heavy (non-hydrogen) atoms. The molecule has 0 saturated heterocycles. The molecule has 1 aromatic carbocycles. The number of aromatic nitrogens is 3. The minimum Gasteiger partial charge on any atom is -0.412 e. The summed E-state index contributed by atoms with van der Waals surface area (Å²) in [7, 11) is 0. The quantitative estimate of drug-likeness (QED) is 0.646. The Morgan fingerprint density at radius 1 is 1.06 bits per heavy atom. The van der Waals surface area contributed by atoms with E-state index < -0.39 is 0 Å². The zero-order valence-electron chi connectivity index (χ0n) is 8.09. The Labute approximate surface area is 105 Å². The summed E-state index contributed by atoms with van der Waals surface area (Å²) in [6, 6.07) is 9.76. The summed E-state index contributed by atoms with van der Waals surface area (Å²) in [5.74, 6) is 0.531. The highest BCUT2D eigenvalue weighted by Gasteiger charge is 2.10. The molecule has 3 rings (SSSR count). The summed E-state index contributed by atoms with van der Waals surface area (Å²) in [6.45, 7) is 0. The fraction of sp³-hybridized carbons (Fsp3) is 0. The number of halogens is 1. The second-order valence-corrected chi connectivity index (χ2v) is 4.16. The summed E-state index contributed by atoms with van der Waals surface area (Å²) < 4.78 is 5.95. The highest BCUT2D eigenvalue weighted by Crippen LogP contribution is 2.26. The number of hydrogen-bond donors (Lipinski definition) is 0. The number of hydrogen-bond acceptors (Lipinski definition) is 4. The van der Waals surface area contributed by atoms with Crippen LogP contribution in [0.1, 0.15) is 0 Å². The van der Waals surface area contributed by atoms with Crippen molar-refractivity contribution in [1.82, 2.24) is 15.2 Å². The van der Waals surface area contributed by atoms with Crippen LogP contribution in [0.5, 0.6) is 0 Å². The molecular weight excluding hydrogens is 317 g/mol. The monoisotopic (exact) mass is 323 g/mol. The second-order valence-electron chi connectivity index (χ2n) is 3.24. The summed E-state index contributed by atoms with van der Waals surface area (Å²) in [4.78, 5) is 4.28. The smallest absolute Gasteiger partial charge is 0.278 e. The second kappa shape index (κ2) is 3.82. The van der Waals surface area contributed by atoms with Crippen LogP contribution < -0.4 is 0 Å². The highest BCUT2D eigenvalue weighted by atomic mass is 127. The van der Waals surface area contributed by atoms with Crippen LogP contribution in [0.4, 0.5) is 0 Å². The lowest BCUT2D eigenvalue weighted by Crippen LogP contribution is -1.83. The summed E-state index contributed by atoms with van der Waals surface area (Å²) in [5, 5.41) is 8.85. The molecule has 2 heterocycles. The van der Waals surface area contributed by atoms with E-state index in [9.17, 15) is 0 Å². The number of rotatable bonds is 1. The molecule has 0 radical (unpaired) electrons. The minimum atomic E-state index is 0.531. The van der Waals surface area contributed by atoms with Crippen LogP contribution >= 0.6 is 22.6 Å². The van der Waals surface area contributed by atoms with Gasteiger partial charge in [0.15, 0.2) is 0 Å². The van der Waals surface area contributed by atoms with E-state index in [2.05, 4.69) is 15.2 Å². The van der Waals surface area contributed by atoms with Crippen molar-refractivity contribution in [2.75, 3.05) is 0 Å². The van der Waals surface area contributed by atoms with Crippen LogP contribution in [0.3, 0.4) is 0 Å². The molecule has 0 amide bonds. The Bertz CT molecular complexity index is 645. The third kappa shape index (κ3) is 1.57. The molecule has 5 heteroatoms. The first-order valence-corrected chi connectivity index (χ1v) is 5.75. The van der Waals surface area contributed by atoms with Crippen molar-refractivity contribution >= 4 is 33.5 Å². The van der Waals surface area contributed by atoms with E-state index >= 15 is 0 Å². The standard InChI is InChI=1S/C11H6IN3O/c12-11-15-14-10(16-11)8-5-6-13-9-4-2-1-3-7(8)9/h1-6H. The molecule has 4 nitrogen and oxygen atoms in total. The number of nitrogens with zero attached hydrogens (tertiary/aromatic N) is 3. The van der Waals surface area contributed by atoms with Crippen LogP contribution in [0.15, 0.2) is 40.9 Å². The zero-order chi connectivity index (χ0) is 11.0. The highest BCUT2D eigenvalue weighted by molar-refractivity contribution is 14.1. The van der Waals surface area contributed by atoms with Gasteiger partial charge in [0.25, 0.3) is 3.90 Å². The third-order valence-corrected chi connectivity index (χ3v) is 2.72. The van der Waals surface area contributed by atoms with Gasteiger partial charge in [0.05, 0.1) is 5.52 Å². The van der Waals surface area contributed by atoms with Crippen LogP contribution in [0.2, 0.25) is 0 Å². The maximum atomic E-state index is 5.41. The van der Waals surface area contributed by atoms with Gasteiger partial charge in [-0.05, 0) is 12.1 Å². The van der Waals surface area contributed by atoms with E-state index in [1.807, 2.05) is 52.9 Å². The normalized spacial score (nSPS) is 10.8. The van der Waals surface area contributed by atoms with Crippen LogP contribution in [-0.2, 0) is 0 Å². The van der Waals surface area contributed by atoms with Crippen LogP contribution in [0.25, 0.3) is 22.4 Å². The molecule has 0 fully saturated rings. The summed E-state index contributed by atoms with van der Waals surface area (Å²) in [5.41, 5.74) is 1.84. The first-order chi connectivity index (χ1) is 7.84. The van der Waals surface area contributed by atoms with Crippen molar-refractivity contribution in [2.24, 2.45) is 0 Å². The largest absolute Gasteiger partial charge is 0.412 e. The maximum Gasteiger partial charge on any atom is 0.278 e. The van der Waals surface area contributed by atoms with Crippen LogP contribution in [0, 0.1) is 3.90 Å². The fourth-order valence-electron chi connectivity index (χ4n) is 1.60. The van der Waals surface area contributed by atoms with E-state index in [4.69, 9.17) is 4.42 Å². The molecule has 0 unspecified atom stereocenters. The number of benzene rings is 1. The van der Waals surface area contributed by atoms with Gasteiger partial charge in [-0.25, -0.2) is 0 Å². The van der Waals surface area contributed by atoms with Gasteiger partial charge in [0.2, 0.25) is 5.89 Å². The van der Waals surface area contributed by atoms with Gasteiger partial charge in [0.1, 0.15) is 0 Å². The SMILES string of the molecule is Ic1nnc(-c2ccnc3ccccc23)o1. The molecule has 0 aliphatic rings. The fourth-order valence-corrected chi connectivity index (χ4v) is 1.91. The van der Waals surface area contributed by atoms with Crippen molar-refractivity contribution < 1.29 is 4.42 Å². The van der Waals surface area contributed by atoms with Gasteiger partial charge in [-0.3, -0.25) is 4.98 Å². The number of fused-ring (bicyclic) bond motifs is 1. The molecular formula is C11H6IN3O. The Kier molecular flexibility index (Phi) is 2.32. The van der Waals surface area contributed by atoms with Gasteiger partial charge in [-0.2, -0.15) is 0 Å². The molecule has 0 aliphatic heterocycles. The first-order valence-electron chi connectivity index (χ1n) is 4.68. The van der Waals surface area contributed by atoms with Crippen molar-refractivity contribution in [3.05, 3.63) is 40.4 Å². The Balaban J connectivity index is 2.31. The van der Waals surface area contributed by atoms with E-state index in [-0.39, 0.29) is 0 Å². The van der Waals surface area contributed by atoms with Gasteiger partial charge >= 0.3 is 0 Å². The lowest BCUT2D eigenvalue weighted by Gasteiger charge is -2.00.